The number of allylic oxidation sites excluding steroid dienone is 1. The van der Waals surface area contributed by atoms with Gasteiger partial charge in [-0.2, -0.15) is 0 Å². The lowest BCUT2D eigenvalue weighted by molar-refractivity contribution is 0.626. The highest BCUT2D eigenvalue weighted by Gasteiger charge is 2.06. The zero-order valence-corrected chi connectivity index (χ0v) is 40.9. The molecule has 64 heavy (non-hydrogen) atoms. The lowest BCUT2D eigenvalue weighted by atomic mass is 9.93. The van der Waals surface area contributed by atoms with Gasteiger partial charge in [-0.3, -0.25) is 18.7 Å². The molecule has 7 rings (SSSR count). The van der Waals surface area contributed by atoms with Crippen LogP contribution >= 0.6 is 0 Å². The van der Waals surface area contributed by atoms with E-state index in [1.54, 1.807) is 0 Å². The van der Waals surface area contributed by atoms with Gasteiger partial charge in [-0.05, 0) is 120 Å². The summed E-state index contributed by atoms with van der Waals surface area (Å²) in [5.74, 6) is 0. The fourth-order valence-electron chi connectivity index (χ4n) is 6.05. The fraction of sp³-hybridized carbons (Fsp3) is 0.462. The van der Waals surface area contributed by atoms with Gasteiger partial charge >= 0.3 is 0 Å². The Morgan fingerprint density at radius 3 is 1.05 bits per heavy atom. The van der Waals surface area contributed by atoms with Crippen LogP contribution in [0.25, 0.3) is 0 Å². The lowest BCUT2D eigenvalue weighted by Crippen LogP contribution is -2.00. The molecule has 0 fully saturated rings. The fourth-order valence-corrected chi connectivity index (χ4v) is 6.05. The van der Waals surface area contributed by atoms with Crippen molar-refractivity contribution in [2.75, 3.05) is 0 Å². The molecule has 3 aromatic carbocycles. The molecule has 0 bridgehead atoms. The largest absolute Gasteiger partial charge is 0.253 e. The highest BCUT2D eigenvalue weighted by Crippen LogP contribution is 2.19. The monoisotopic (exact) mass is 871 g/mol. The molecule has 0 N–H and O–H groups in total. The Morgan fingerprint density at radius 2 is 0.750 bits per heavy atom. The van der Waals surface area contributed by atoms with Crippen LogP contribution in [0, 0.1) is 0 Å². The Bertz CT molecular complexity index is 1940. The second-order valence-electron chi connectivity index (χ2n) is 14.6. The van der Waals surface area contributed by atoms with Gasteiger partial charge < -0.3 is 0 Å². The summed E-state index contributed by atoms with van der Waals surface area (Å²) in [5.41, 5.74) is 11.5. The van der Waals surface area contributed by atoms with Crippen LogP contribution in [0.4, 0.5) is 0 Å². The quantitative estimate of drug-likeness (QED) is 0.0829. The Hall–Kier alpha value is -6.04. The van der Waals surface area contributed by atoms with Gasteiger partial charge in [0.25, 0.3) is 0 Å². The van der Waals surface area contributed by atoms with Crippen molar-refractivity contribution in [1.82, 2.24) is 60.0 Å². The Balaban J connectivity index is 0.000000305. The average Bonchev–Trinajstić information content (AvgIpc) is 4.22. The van der Waals surface area contributed by atoms with Crippen molar-refractivity contribution in [3.05, 3.63) is 167 Å². The van der Waals surface area contributed by atoms with Crippen LogP contribution in [0.1, 0.15) is 126 Å². The second-order valence-corrected chi connectivity index (χ2v) is 14.6. The zero-order chi connectivity index (χ0) is 46.8. The van der Waals surface area contributed by atoms with Crippen molar-refractivity contribution >= 4 is 0 Å². The van der Waals surface area contributed by atoms with Crippen LogP contribution < -0.4 is 0 Å². The molecular weight excluding hydrogens is 793 g/mol. The molecule has 0 spiro atoms. The summed E-state index contributed by atoms with van der Waals surface area (Å²) in [7, 11) is 0. The number of rotatable bonds is 17. The number of hydrogen-bond donors (Lipinski definition) is 0. The number of nitrogens with zero attached hydrogens (tertiary/aromatic N) is 12. The number of aromatic nitrogens is 12. The van der Waals surface area contributed by atoms with Crippen molar-refractivity contribution < 1.29 is 0 Å². The number of hydrogen-bond acceptors (Lipinski definition) is 8. The van der Waals surface area contributed by atoms with E-state index in [9.17, 15) is 0 Å². The van der Waals surface area contributed by atoms with Crippen molar-refractivity contribution in [2.24, 2.45) is 0 Å². The van der Waals surface area contributed by atoms with Crippen molar-refractivity contribution in [3.63, 3.8) is 0 Å². The van der Waals surface area contributed by atoms with Crippen molar-refractivity contribution in [3.8, 4) is 0 Å². The minimum absolute atomic E-state index is 0.910. The van der Waals surface area contributed by atoms with E-state index in [1.165, 1.54) is 27.8 Å². The van der Waals surface area contributed by atoms with Crippen LogP contribution in [0.2, 0.25) is 0 Å². The summed E-state index contributed by atoms with van der Waals surface area (Å²) < 4.78 is 7.33. The van der Waals surface area contributed by atoms with Crippen LogP contribution in [0.3, 0.4) is 0 Å². The van der Waals surface area contributed by atoms with E-state index in [2.05, 4.69) is 154 Å². The third-order valence-corrected chi connectivity index (χ3v) is 10.0. The van der Waals surface area contributed by atoms with Crippen LogP contribution in [0.5, 0.6) is 0 Å². The van der Waals surface area contributed by atoms with Gasteiger partial charge in [0.2, 0.25) is 0 Å². The summed E-state index contributed by atoms with van der Waals surface area (Å²) in [6.07, 6.45) is 20.3. The predicted molar refractivity (Wildman–Crippen MR) is 264 cm³/mol. The SMILES string of the molecule is C=CCCc1ccc(CCc2ccccc2)cc1CCc1ccccc1.CC.CCc1cn(CC)nn1.CCc1cn(CC)nn1.CCc1cn(CC)nn1.CCc1cn(CC)nn1. The first kappa shape index (κ1) is 54.1. The topological polar surface area (TPSA) is 123 Å². The molecule has 7 aromatic rings. The van der Waals surface area contributed by atoms with Crippen LogP contribution in [0.15, 0.2) is 116 Å². The maximum atomic E-state index is 3.92. The van der Waals surface area contributed by atoms with E-state index in [-0.39, 0.29) is 0 Å². The van der Waals surface area contributed by atoms with Gasteiger partial charge in [0.1, 0.15) is 0 Å². The smallest absolute Gasteiger partial charge is 0.0824 e. The molecule has 12 nitrogen and oxygen atoms in total. The van der Waals surface area contributed by atoms with Gasteiger partial charge in [-0.15, -0.1) is 27.0 Å². The van der Waals surface area contributed by atoms with E-state index < -0.39 is 0 Å². The third-order valence-electron chi connectivity index (χ3n) is 10.0. The van der Waals surface area contributed by atoms with Gasteiger partial charge in [-0.25, -0.2) is 0 Å². The maximum Gasteiger partial charge on any atom is 0.0824 e. The Kier molecular flexibility index (Phi) is 28.3. The number of aryl methyl sites for hydroxylation is 13. The second kappa shape index (κ2) is 33.5. The Morgan fingerprint density at radius 1 is 0.406 bits per heavy atom. The normalized spacial score (nSPS) is 10.0. The molecule has 0 atom stereocenters. The minimum atomic E-state index is 0.910. The molecule has 0 radical (unpaired) electrons. The highest BCUT2D eigenvalue weighted by atomic mass is 15.4. The molecule has 0 unspecified atom stereocenters. The van der Waals surface area contributed by atoms with E-state index in [0.717, 1.165) is 113 Å². The van der Waals surface area contributed by atoms with E-state index in [0.29, 0.717) is 0 Å². The first-order chi connectivity index (χ1) is 31.3. The van der Waals surface area contributed by atoms with E-state index >= 15 is 0 Å². The molecule has 4 heterocycles. The minimum Gasteiger partial charge on any atom is -0.253 e. The average molecular weight is 871 g/mol. The molecule has 346 valence electrons. The zero-order valence-electron chi connectivity index (χ0n) is 40.9. The first-order valence-corrected chi connectivity index (χ1v) is 23.7. The van der Waals surface area contributed by atoms with E-state index in [4.69, 9.17) is 0 Å². The molecule has 0 saturated heterocycles. The van der Waals surface area contributed by atoms with Crippen molar-refractivity contribution in [1.29, 1.82) is 0 Å². The van der Waals surface area contributed by atoms with Gasteiger partial charge in [-0.1, -0.05) is 147 Å². The standard InChI is InChI=1S/C26H28.4C6H11N3.C2H6/c1-2-3-14-25-19-18-24(16-15-22-10-6-4-7-11-22)21-26(25)20-17-23-12-8-5-9-13-23;4*1-3-6-5-9(4-2)8-7-6;1-2/h2,4-13,18-19,21H,1,3,14-17,20H2;4*5H,3-4H2,1-2H3;1-2H3. The molecular formula is C52H78N12. The van der Waals surface area contributed by atoms with Crippen LogP contribution in [-0.4, -0.2) is 60.0 Å². The van der Waals surface area contributed by atoms with Crippen LogP contribution in [-0.2, 0) is 84.0 Å². The maximum absolute atomic E-state index is 3.92. The molecule has 0 aliphatic carbocycles. The van der Waals surface area contributed by atoms with E-state index in [1.807, 2.05) is 91.1 Å². The summed E-state index contributed by atoms with van der Waals surface area (Å²) in [4.78, 5) is 0. The summed E-state index contributed by atoms with van der Waals surface area (Å²) >= 11 is 0. The summed E-state index contributed by atoms with van der Waals surface area (Å²) in [6, 6.07) is 28.6. The molecule has 0 aliphatic rings. The summed E-state index contributed by atoms with van der Waals surface area (Å²) in [6.45, 7) is 28.0. The van der Waals surface area contributed by atoms with Crippen molar-refractivity contribution in [2.45, 2.75) is 160 Å². The molecule has 0 saturated carbocycles. The number of benzene rings is 3. The summed E-state index contributed by atoms with van der Waals surface area (Å²) in [5, 5.41) is 31.2. The third kappa shape index (κ3) is 21.4. The molecule has 12 heteroatoms. The predicted octanol–water partition coefficient (Wildman–Crippen LogP) is 10.8. The molecule has 0 aliphatic heterocycles. The van der Waals surface area contributed by atoms with Gasteiger partial charge in [0.05, 0.1) is 22.8 Å². The highest BCUT2D eigenvalue weighted by molar-refractivity contribution is 5.34. The Labute approximate surface area is 385 Å². The first-order valence-electron chi connectivity index (χ1n) is 23.7. The van der Waals surface area contributed by atoms with Gasteiger partial charge in [0, 0.05) is 51.0 Å². The van der Waals surface area contributed by atoms with Gasteiger partial charge in [0.15, 0.2) is 0 Å². The molecule has 0 amide bonds. The molecule has 4 aromatic heterocycles. The lowest BCUT2D eigenvalue weighted by Gasteiger charge is -2.12.